The molecule has 0 aliphatic carbocycles. The van der Waals surface area contributed by atoms with Gasteiger partial charge in [0, 0.05) is 23.8 Å². The lowest BCUT2D eigenvalue weighted by Crippen LogP contribution is -2.38. The number of nitrogens with zero attached hydrogens (tertiary/aromatic N) is 1. The van der Waals surface area contributed by atoms with Gasteiger partial charge < -0.3 is 10.0 Å². The summed E-state index contributed by atoms with van der Waals surface area (Å²) >= 11 is 0. The molecule has 0 aromatic heterocycles. The number of hydrogen-bond donors (Lipinski definition) is 1. The fourth-order valence-electron chi connectivity index (χ4n) is 2.76. The Hall–Kier alpha value is -1.09. The highest BCUT2D eigenvalue weighted by Crippen LogP contribution is 2.32. The number of aliphatic hydroxyl groups is 1. The fraction of sp³-hybridized carbons (Fsp3) is 0.647. The maximum atomic E-state index is 14.1. The first-order chi connectivity index (χ1) is 9.42. The molecule has 1 rings (SSSR count). The third-order valence-electron chi connectivity index (χ3n) is 3.70. The van der Waals surface area contributed by atoms with Gasteiger partial charge in [0.15, 0.2) is 0 Å². The minimum atomic E-state index is -0.796. The van der Waals surface area contributed by atoms with E-state index in [9.17, 15) is 9.50 Å². The normalized spacial score (nSPS) is 13.1. The molecule has 20 heavy (non-hydrogen) atoms. The van der Waals surface area contributed by atoms with Crippen LogP contribution in [0.4, 0.5) is 10.1 Å². The van der Waals surface area contributed by atoms with E-state index in [0.29, 0.717) is 17.5 Å². The summed E-state index contributed by atoms with van der Waals surface area (Å²) in [7, 11) is 0. The van der Waals surface area contributed by atoms with Crippen molar-refractivity contribution in [2.24, 2.45) is 5.92 Å². The third kappa shape index (κ3) is 3.95. The molecule has 0 saturated carbocycles. The van der Waals surface area contributed by atoms with Gasteiger partial charge in [-0.05, 0) is 37.8 Å². The van der Waals surface area contributed by atoms with Crippen LogP contribution in [-0.4, -0.2) is 17.7 Å². The average Bonchev–Trinajstić information content (AvgIpc) is 2.37. The van der Waals surface area contributed by atoms with Gasteiger partial charge in [0.1, 0.15) is 5.82 Å². The van der Waals surface area contributed by atoms with E-state index in [-0.39, 0.29) is 5.82 Å². The zero-order chi connectivity index (χ0) is 15.3. The molecule has 1 aromatic carbocycles. The lowest BCUT2D eigenvalue weighted by atomic mass is 10.0. The van der Waals surface area contributed by atoms with Crippen molar-refractivity contribution in [1.82, 2.24) is 0 Å². The molecule has 0 spiro atoms. The molecular weight excluding hydrogens is 253 g/mol. The van der Waals surface area contributed by atoms with Gasteiger partial charge in [0.2, 0.25) is 0 Å². The molecule has 0 saturated heterocycles. The molecule has 1 atom stereocenters. The Labute approximate surface area is 122 Å². The molecule has 0 aliphatic heterocycles. The van der Waals surface area contributed by atoms with Crippen molar-refractivity contribution in [3.8, 4) is 0 Å². The van der Waals surface area contributed by atoms with Crippen LogP contribution in [0.15, 0.2) is 18.2 Å². The third-order valence-corrected chi connectivity index (χ3v) is 3.70. The highest BCUT2D eigenvalue weighted by molar-refractivity contribution is 5.56. The van der Waals surface area contributed by atoms with Crippen LogP contribution in [0.3, 0.4) is 0 Å². The van der Waals surface area contributed by atoms with Crippen LogP contribution in [0.5, 0.6) is 0 Å². The summed E-state index contributed by atoms with van der Waals surface area (Å²) < 4.78 is 14.1. The second-order valence-electron chi connectivity index (χ2n) is 5.87. The molecule has 0 heterocycles. The van der Waals surface area contributed by atoms with Crippen LogP contribution < -0.4 is 4.90 Å². The zero-order valence-electron chi connectivity index (χ0n) is 13.4. The van der Waals surface area contributed by atoms with Crippen molar-refractivity contribution in [1.29, 1.82) is 0 Å². The van der Waals surface area contributed by atoms with Gasteiger partial charge in [-0.25, -0.2) is 4.39 Å². The summed E-state index contributed by atoms with van der Waals surface area (Å²) in [6.07, 6.45) is 1.23. The maximum Gasteiger partial charge on any atom is 0.131 e. The molecule has 3 heteroatoms. The van der Waals surface area contributed by atoms with E-state index in [1.165, 1.54) is 6.07 Å². The molecule has 0 bridgehead atoms. The molecular formula is C17H28FNO. The quantitative estimate of drug-likeness (QED) is 0.793. The van der Waals surface area contributed by atoms with Crippen molar-refractivity contribution in [2.75, 3.05) is 11.4 Å². The first kappa shape index (κ1) is 17.0. The minimum Gasteiger partial charge on any atom is -0.389 e. The molecule has 0 fully saturated rings. The summed E-state index contributed by atoms with van der Waals surface area (Å²) in [5.74, 6) is 0.165. The molecule has 2 nitrogen and oxygen atoms in total. The van der Waals surface area contributed by atoms with Gasteiger partial charge in [0.05, 0.1) is 6.10 Å². The number of anilines is 1. The average molecular weight is 281 g/mol. The standard InChI is InChI=1S/C17H28FNO/c1-6-14(7-2)19(11-12(3)4)16-10-8-9-15(18)17(16)13(5)20/h8-10,12-14,20H,6-7,11H2,1-5H3. The summed E-state index contributed by atoms with van der Waals surface area (Å²) in [6.45, 7) is 11.1. The van der Waals surface area contributed by atoms with E-state index >= 15 is 0 Å². The van der Waals surface area contributed by atoms with E-state index in [0.717, 1.165) is 25.1 Å². The second kappa shape index (κ2) is 7.63. The van der Waals surface area contributed by atoms with Crippen molar-refractivity contribution in [2.45, 2.75) is 59.6 Å². The monoisotopic (exact) mass is 281 g/mol. The van der Waals surface area contributed by atoms with Gasteiger partial charge in [-0.2, -0.15) is 0 Å². The van der Waals surface area contributed by atoms with Crippen LogP contribution in [0.2, 0.25) is 0 Å². The molecule has 114 valence electrons. The Bertz CT molecular complexity index is 413. The Morgan fingerprint density at radius 1 is 1.15 bits per heavy atom. The summed E-state index contributed by atoms with van der Waals surface area (Å²) in [5, 5.41) is 9.93. The van der Waals surface area contributed by atoms with E-state index in [2.05, 4.69) is 32.6 Å². The molecule has 0 aliphatic rings. The second-order valence-corrected chi connectivity index (χ2v) is 5.87. The predicted molar refractivity (Wildman–Crippen MR) is 83.6 cm³/mol. The van der Waals surface area contributed by atoms with E-state index < -0.39 is 6.10 Å². The summed E-state index contributed by atoms with van der Waals surface area (Å²) in [4.78, 5) is 2.26. The van der Waals surface area contributed by atoms with Crippen LogP contribution in [-0.2, 0) is 0 Å². The first-order valence-electron chi connectivity index (χ1n) is 7.65. The van der Waals surface area contributed by atoms with Crippen LogP contribution >= 0.6 is 0 Å². The van der Waals surface area contributed by atoms with E-state index in [1.807, 2.05) is 6.07 Å². The van der Waals surface area contributed by atoms with E-state index in [4.69, 9.17) is 0 Å². The zero-order valence-corrected chi connectivity index (χ0v) is 13.4. The fourth-order valence-corrected chi connectivity index (χ4v) is 2.76. The topological polar surface area (TPSA) is 23.5 Å². The number of hydrogen-bond acceptors (Lipinski definition) is 2. The predicted octanol–water partition coefficient (Wildman–Crippen LogP) is 4.53. The first-order valence-corrected chi connectivity index (χ1v) is 7.65. The van der Waals surface area contributed by atoms with Gasteiger partial charge in [0.25, 0.3) is 0 Å². The Morgan fingerprint density at radius 2 is 1.75 bits per heavy atom. The Morgan fingerprint density at radius 3 is 2.20 bits per heavy atom. The lowest BCUT2D eigenvalue weighted by molar-refractivity contribution is 0.194. The highest BCUT2D eigenvalue weighted by Gasteiger charge is 2.23. The molecule has 1 N–H and O–H groups in total. The number of aliphatic hydroxyl groups excluding tert-OH is 1. The van der Waals surface area contributed by atoms with Gasteiger partial charge in [-0.1, -0.05) is 33.8 Å². The van der Waals surface area contributed by atoms with Crippen LogP contribution in [0, 0.1) is 11.7 Å². The smallest absolute Gasteiger partial charge is 0.131 e. The molecule has 0 amide bonds. The van der Waals surface area contributed by atoms with Crippen LogP contribution in [0.1, 0.15) is 59.1 Å². The summed E-state index contributed by atoms with van der Waals surface area (Å²) in [6, 6.07) is 5.45. The number of rotatable bonds is 7. The number of benzene rings is 1. The summed E-state index contributed by atoms with van der Waals surface area (Å²) in [5.41, 5.74) is 1.25. The van der Waals surface area contributed by atoms with E-state index in [1.54, 1.807) is 13.0 Å². The molecule has 1 aromatic rings. The van der Waals surface area contributed by atoms with Gasteiger partial charge in [-0.3, -0.25) is 0 Å². The van der Waals surface area contributed by atoms with Crippen molar-refractivity contribution < 1.29 is 9.50 Å². The van der Waals surface area contributed by atoms with Crippen molar-refractivity contribution in [3.05, 3.63) is 29.6 Å². The minimum absolute atomic E-state index is 0.322. The molecule has 1 unspecified atom stereocenters. The Balaban J connectivity index is 3.29. The lowest BCUT2D eigenvalue weighted by Gasteiger charge is -2.36. The molecule has 0 radical (unpaired) electrons. The Kier molecular flexibility index (Phi) is 6.47. The van der Waals surface area contributed by atoms with Crippen molar-refractivity contribution >= 4 is 5.69 Å². The maximum absolute atomic E-state index is 14.1. The van der Waals surface area contributed by atoms with Crippen molar-refractivity contribution in [3.63, 3.8) is 0 Å². The SMILES string of the molecule is CCC(CC)N(CC(C)C)c1cccc(F)c1C(C)O. The number of halogens is 1. The highest BCUT2D eigenvalue weighted by atomic mass is 19.1. The largest absolute Gasteiger partial charge is 0.389 e. The van der Waals surface area contributed by atoms with Gasteiger partial charge in [-0.15, -0.1) is 0 Å². The van der Waals surface area contributed by atoms with Crippen LogP contribution in [0.25, 0.3) is 0 Å². The van der Waals surface area contributed by atoms with Gasteiger partial charge >= 0.3 is 0 Å².